The van der Waals surface area contributed by atoms with Crippen molar-refractivity contribution in [2.45, 2.75) is 16.2 Å². The Labute approximate surface area is 132 Å². The zero-order valence-corrected chi connectivity index (χ0v) is 12.7. The van der Waals surface area contributed by atoms with E-state index in [0.717, 1.165) is 27.7 Å². The van der Waals surface area contributed by atoms with Gasteiger partial charge >= 0.3 is 0 Å². The Hall–Kier alpha value is -1.83. The van der Waals surface area contributed by atoms with E-state index in [9.17, 15) is 5.26 Å². The van der Waals surface area contributed by atoms with Crippen LogP contribution in [0, 0.1) is 11.3 Å². The maximum Gasteiger partial charge on any atom is 0.162 e. The van der Waals surface area contributed by atoms with Gasteiger partial charge in [0.2, 0.25) is 0 Å². The molecule has 0 fully saturated rings. The van der Waals surface area contributed by atoms with Crippen LogP contribution in [0.25, 0.3) is 0 Å². The van der Waals surface area contributed by atoms with Crippen molar-refractivity contribution < 1.29 is 9.47 Å². The Morgan fingerprint density at radius 3 is 2.71 bits per heavy atom. The van der Waals surface area contributed by atoms with Gasteiger partial charge in [-0.1, -0.05) is 29.4 Å². The molecule has 2 aromatic carbocycles. The summed E-state index contributed by atoms with van der Waals surface area (Å²) in [6, 6.07) is 13.4. The van der Waals surface area contributed by atoms with Crippen molar-refractivity contribution in [3.8, 4) is 17.6 Å². The monoisotopic (exact) mass is 317 g/mol. The molecule has 3 nitrogen and oxygen atoms in total. The fourth-order valence-corrected chi connectivity index (χ4v) is 3.27. The number of ether oxygens (including phenoxy) is 2. The molecule has 0 unspecified atom stereocenters. The number of nitrogens with zero attached hydrogens (tertiary/aromatic N) is 1. The quantitative estimate of drug-likeness (QED) is 0.816. The highest BCUT2D eigenvalue weighted by atomic mass is 35.5. The van der Waals surface area contributed by atoms with Gasteiger partial charge in [0.15, 0.2) is 11.5 Å². The molecule has 0 saturated carbocycles. The molecule has 0 N–H and O–H groups in total. The number of hydrogen-bond donors (Lipinski definition) is 0. The first kappa shape index (κ1) is 14.1. The second-order valence-electron chi connectivity index (χ2n) is 4.49. The SMILES string of the molecule is N#Cc1c(Cl)cccc1Sc1ccc2c(c1)OCCCO2. The predicted molar refractivity (Wildman–Crippen MR) is 82.3 cm³/mol. The molecule has 0 aliphatic carbocycles. The van der Waals surface area contributed by atoms with E-state index in [1.54, 1.807) is 6.07 Å². The Bertz CT molecular complexity index is 712. The van der Waals surface area contributed by atoms with E-state index in [4.69, 9.17) is 21.1 Å². The summed E-state index contributed by atoms with van der Waals surface area (Å²) in [4.78, 5) is 1.82. The van der Waals surface area contributed by atoms with Crippen LogP contribution in [-0.4, -0.2) is 13.2 Å². The molecule has 5 heteroatoms. The van der Waals surface area contributed by atoms with Crippen LogP contribution < -0.4 is 9.47 Å². The molecule has 0 atom stereocenters. The largest absolute Gasteiger partial charge is 0.490 e. The van der Waals surface area contributed by atoms with Gasteiger partial charge in [-0.05, 0) is 30.3 Å². The fourth-order valence-electron chi connectivity index (χ4n) is 2.03. The lowest BCUT2D eigenvalue weighted by molar-refractivity contribution is 0.297. The van der Waals surface area contributed by atoms with Crippen LogP contribution in [-0.2, 0) is 0 Å². The zero-order valence-electron chi connectivity index (χ0n) is 11.1. The predicted octanol–water partition coefficient (Wildman–Crippen LogP) is 4.52. The van der Waals surface area contributed by atoms with Crippen molar-refractivity contribution >= 4 is 23.4 Å². The van der Waals surface area contributed by atoms with Gasteiger partial charge in [0.1, 0.15) is 6.07 Å². The second-order valence-corrected chi connectivity index (χ2v) is 6.01. The van der Waals surface area contributed by atoms with Crippen molar-refractivity contribution in [3.63, 3.8) is 0 Å². The Balaban J connectivity index is 1.91. The highest BCUT2D eigenvalue weighted by Gasteiger charge is 2.13. The first-order valence-electron chi connectivity index (χ1n) is 6.54. The van der Waals surface area contributed by atoms with Crippen LogP contribution in [0.2, 0.25) is 5.02 Å². The van der Waals surface area contributed by atoms with E-state index in [1.165, 1.54) is 11.8 Å². The van der Waals surface area contributed by atoms with Crippen LogP contribution >= 0.6 is 23.4 Å². The Morgan fingerprint density at radius 2 is 1.90 bits per heavy atom. The van der Waals surface area contributed by atoms with E-state index in [2.05, 4.69) is 6.07 Å². The minimum atomic E-state index is 0.469. The average Bonchev–Trinajstić information content (AvgIpc) is 2.72. The standard InChI is InChI=1S/C16H12ClNO2S/c17-13-3-1-4-16(12(13)10-18)21-11-5-6-14-15(9-11)20-8-2-7-19-14/h1,3-6,9H,2,7-8H2. The van der Waals surface area contributed by atoms with Gasteiger partial charge in [0.25, 0.3) is 0 Å². The van der Waals surface area contributed by atoms with Crippen LogP contribution in [0.4, 0.5) is 0 Å². The minimum Gasteiger partial charge on any atom is -0.490 e. The second kappa shape index (κ2) is 6.30. The van der Waals surface area contributed by atoms with Crippen LogP contribution in [0.1, 0.15) is 12.0 Å². The summed E-state index contributed by atoms with van der Waals surface area (Å²) in [5.74, 6) is 1.52. The van der Waals surface area contributed by atoms with Gasteiger partial charge in [0, 0.05) is 16.2 Å². The van der Waals surface area contributed by atoms with Crippen molar-refractivity contribution in [2.24, 2.45) is 0 Å². The van der Waals surface area contributed by atoms with Crippen molar-refractivity contribution in [3.05, 3.63) is 47.0 Å². The molecule has 0 spiro atoms. The van der Waals surface area contributed by atoms with E-state index in [0.29, 0.717) is 23.8 Å². The van der Waals surface area contributed by atoms with E-state index < -0.39 is 0 Å². The topological polar surface area (TPSA) is 42.2 Å². The number of benzene rings is 2. The molecule has 1 heterocycles. The smallest absolute Gasteiger partial charge is 0.162 e. The lowest BCUT2D eigenvalue weighted by Crippen LogP contribution is -1.97. The summed E-state index contributed by atoms with van der Waals surface area (Å²) in [6.45, 7) is 1.33. The molecule has 1 aliphatic rings. The summed E-state index contributed by atoms with van der Waals surface area (Å²) < 4.78 is 11.3. The summed E-state index contributed by atoms with van der Waals surface area (Å²) >= 11 is 7.54. The lowest BCUT2D eigenvalue weighted by Gasteiger charge is -2.10. The molecule has 0 radical (unpaired) electrons. The van der Waals surface area contributed by atoms with E-state index in [1.807, 2.05) is 30.3 Å². The maximum atomic E-state index is 9.21. The minimum absolute atomic E-state index is 0.469. The first-order valence-corrected chi connectivity index (χ1v) is 7.73. The molecule has 0 aromatic heterocycles. The number of fused-ring (bicyclic) bond motifs is 1. The van der Waals surface area contributed by atoms with Crippen LogP contribution in [0.5, 0.6) is 11.5 Å². The highest BCUT2D eigenvalue weighted by Crippen LogP contribution is 2.38. The van der Waals surface area contributed by atoms with Gasteiger partial charge in [-0.15, -0.1) is 0 Å². The van der Waals surface area contributed by atoms with Crippen molar-refractivity contribution in [1.82, 2.24) is 0 Å². The summed E-state index contributed by atoms with van der Waals surface area (Å²) in [7, 11) is 0. The fraction of sp³-hybridized carbons (Fsp3) is 0.188. The molecular weight excluding hydrogens is 306 g/mol. The Morgan fingerprint density at radius 1 is 1.10 bits per heavy atom. The van der Waals surface area contributed by atoms with E-state index in [-0.39, 0.29) is 0 Å². The summed E-state index contributed by atoms with van der Waals surface area (Å²) in [5, 5.41) is 9.68. The number of rotatable bonds is 2. The zero-order chi connectivity index (χ0) is 14.7. The molecule has 3 rings (SSSR count). The molecular formula is C16H12ClNO2S. The number of hydrogen-bond acceptors (Lipinski definition) is 4. The van der Waals surface area contributed by atoms with Crippen LogP contribution in [0.3, 0.4) is 0 Å². The van der Waals surface area contributed by atoms with Gasteiger partial charge in [-0.25, -0.2) is 0 Å². The summed E-state index contributed by atoms with van der Waals surface area (Å²) in [5.41, 5.74) is 0.497. The average molecular weight is 318 g/mol. The highest BCUT2D eigenvalue weighted by molar-refractivity contribution is 7.99. The first-order chi connectivity index (χ1) is 10.3. The molecule has 0 amide bonds. The maximum absolute atomic E-state index is 9.21. The normalized spacial score (nSPS) is 13.3. The molecule has 106 valence electrons. The lowest BCUT2D eigenvalue weighted by atomic mass is 10.2. The third-order valence-electron chi connectivity index (χ3n) is 3.03. The number of nitriles is 1. The van der Waals surface area contributed by atoms with Gasteiger partial charge < -0.3 is 9.47 Å². The van der Waals surface area contributed by atoms with Crippen LogP contribution in [0.15, 0.2) is 46.2 Å². The van der Waals surface area contributed by atoms with Gasteiger partial charge in [-0.2, -0.15) is 5.26 Å². The Kier molecular flexibility index (Phi) is 4.23. The molecule has 2 aromatic rings. The molecule has 1 aliphatic heterocycles. The molecule has 21 heavy (non-hydrogen) atoms. The number of halogens is 1. The van der Waals surface area contributed by atoms with Crippen molar-refractivity contribution in [1.29, 1.82) is 5.26 Å². The van der Waals surface area contributed by atoms with E-state index >= 15 is 0 Å². The van der Waals surface area contributed by atoms with Gasteiger partial charge in [0.05, 0.1) is 23.8 Å². The third-order valence-corrected chi connectivity index (χ3v) is 4.40. The summed E-state index contributed by atoms with van der Waals surface area (Å²) in [6.07, 6.45) is 0.879. The van der Waals surface area contributed by atoms with Crippen molar-refractivity contribution in [2.75, 3.05) is 13.2 Å². The molecule has 0 bridgehead atoms. The molecule has 0 saturated heterocycles. The van der Waals surface area contributed by atoms with Gasteiger partial charge in [-0.3, -0.25) is 0 Å². The third kappa shape index (κ3) is 3.10.